The van der Waals surface area contributed by atoms with E-state index in [1.54, 1.807) is 0 Å². The fourth-order valence-corrected chi connectivity index (χ4v) is 3.14. The first-order valence-electron chi connectivity index (χ1n) is 7.48. The van der Waals surface area contributed by atoms with Gasteiger partial charge in [-0.25, -0.2) is 4.98 Å². The second-order valence-corrected chi connectivity index (χ2v) is 6.79. The van der Waals surface area contributed by atoms with E-state index < -0.39 is 0 Å². The van der Waals surface area contributed by atoms with E-state index in [0.29, 0.717) is 0 Å². The van der Waals surface area contributed by atoms with Crippen molar-refractivity contribution in [3.05, 3.63) is 41.7 Å². The fourth-order valence-electron chi connectivity index (χ4n) is 2.36. The molecule has 1 aromatic carbocycles. The molecule has 3 rings (SSSR count). The van der Waals surface area contributed by atoms with E-state index in [2.05, 4.69) is 54.1 Å². The second kappa shape index (κ2) is 6.58. The number of nitrogens with one attached hydrogen (secondary N) is 1. The second-order valence-electron chi connectivity index (χ2n) is 5.79. The number of aromatic nitrogens is 2. The van der Waals surface area contributed by atoms with Crippen LogP contribution in [0.5, 0.6) is 0 Å². The molecule has 4 nitrogen and oxygen atoms in total. The standard InChI is InChI=1S/C17H21N3OS/c1-12-6-8-14-15(11-12)19-17(18-14)22-16-9-7-13(21-16)5-4-10-20(2)3/h6-9,11H,4-5,10H2,1-3H3,(H,18,19). The average Bonchev–Trinajstić information content (AvgIpc) is 3.04. The molecule has 0 unspecified atom stereocenters. The summed E-state index contributed by atoms with van der Waals surface area (Å²) in [7, 11) is 4.18. The van der Waals surface area contributed by atoms with E-state index in [-0.39, 0.29) is 0 Å². The smallest absolute Gasteiger partial charge is 0.174 e. The van der Waals surface area contributed by atoms with E-state index in [1.807, 2.05) is 12.1 Å². The molecule has 0 fully saturated rings. The van der Waals surface area contributed by atoms with Gasteiger partial charge in [0.1, 0.15) is 5.76 Å². The van der Waals surface area contributed by atoms with Crippen LogP contribution in [0.2, 0.25) is 0 Å². The highest BCUT2D eigenvalue weighted by Gasteiger charge is 2.08. The van der Waals surface area contributed by atoms with Crippen molar-refractivity contribution >= 4 is 22.8 Å². The minimum absolute atomic E-state index is 0.870. The highest BCUT2D eigenvalue weighted by molar-refractivity contribution is 7.99. The van der Waals surface area contributed by atoms with Crippen LogP contribution < -0.4 is 0 Å². The number of fused-ring (bicyclic) bond motifs is 1. The highest BCUT2D eigenvalue weighted by atomic mass is 32.2. The van der Waals surface area contributed by atoms with Crippen LogP contribution in [0.4, 0.5) is 0 Å². The zero-order valence-corrected chi connectivity index (χ0v) is 14.0. The van der Waals surface area contributed by atoms with Crippen LogP contribution in [0.1, 0.15) is 17.7 Å². The third kappa shape index (κ3) is 3.72. The SMILES string of the molecule is Cc1ccc2nc(Sc3ccc(CCCN(C)C)o3)[nH]c2c1. The normalized spacial score (nSPS) is 11.6. The molecular weight excluding hydrogens is 294 g/mol. The highest BCUT2D eigenvalue weighted by Crippen LogP contribution is 2.29. The molecule has 0 saturated heterocycles. The van der Waals surface area contributed by atoms with Crippen LogP contribution in [0, 0.1) is 6.92 Å². The Labute approximate surface area is 134 Å². The Morgan fingerprint density at radius 3 is 2.91 bits per heavy atom. The first-order chi connectivity index (χ1) is 10.6. The van der Waals surface area contributed by atoms with Crippen molar-refractivity contribution in [2.75, 3.05) is 20.6 Å². The number of furan rings is 1. The number of H-pyrrole nitrogens is 1. The van der Waals surface area contributed by atoms with Crippen molar-refractivity contribution in [1.82, 2.24) is 14.9 Å². The first-order valence-corrected chi connectivity index (χ1v) is 8.29. The van der Waals surface area contributed by atoms with E-state index in [1.165, 1.54) is 17.3 Å². The summed E-state index contributed by atoms with van der Waals surface area (Å²) in [5, 5.41) is 1.76. The summed E-state index contributed by atoms with van der Waals surface area (Å²) >= 11 is 1.54. The Morgan fingerprint density at radius 2 is 2.09 bits per heavy atom. The molecule has 2 heterocycles. The number of aryl methyl sites for hydroxylation is 2. The fraction of sp³-hybridized carbons (Fsp3) is 0.353. The van der Waals surface area contributed by atoms with Crippen LogP contribution in [0.3, 0.4) is 0 Å². The molecule has 3 aromatic rings. The van der Waals surface area contributed by atoms with Crippen molar-refractivity contribution < 1.29 is 4.42 Å². The summed E-state index contributed by atoms with van der Waals surface area (Å²) in [5.74, 6) is 1.04. The van der Waals surface area contributed by atoms with Gasteiger partial charge < -0.3 is 14.3 Å². The summed E-state index contributed by atoms with van der Waals surface area (Å²) in [6, 6.07) is 10.3. The molecule has 22 heavy (non-hydrogen) atoms. The number of imidazole rings is 1. The van der Waals surface area contributed by atoms with Crippen LogP contribution in [0.25, 0.3) is 11.0 Å². The van der Waals surface area contributed by atoms with Gasteiger partial charge in [-0.05, 0) is 75.6 Å². The molecule has 0 aliphatic carbocycles. The van der Waals surface area contributed by atoms with Crippen molar-refractivity contribution in [2.45, 2.75) is 30.0 Å². The van der Waals surface area contributed by atoms with Gasteiger partial charge in [-0.2, -0.15) is 0 Å². The number of hydrogen-bond acceptors (Lipinski definition) is 4. The number of nitrogens with zero attached hydrogens (tertiary/aromatic N) is 2. The molecule has 0 bridgehead atoms. The zero-order chi connectivity index (χ0) is 15.5. The third-order valence-corrected chi connectivity index (χ3v) is 4.29. The zero-order valence-electron chi connectivity index (χ0n) is 13.2. The maximum absolute atomic E-state index is 5.87. The predicted molar refractivity (Wildman–Crippen MR) is 90.5 cm³/mol. The lowest BCUT2D eigenvalue weighted by Crippen LogP contribution is -2.13. The molecule has 0 saturated carbocycles. The minimum atomic E-state index is 0.870. The summed E-state index contributed by atoms with van der Waals surface area (Å²) in [6.45, 7) is 3.16. The lowest BCUT2D eigenvalue weighted by Gasteiger charge is -2.07. The number of rotatable bonds is 6. The minimum Gasteiger partial charge on any atom is -0.454 e. The van der Waals surface area contributed by atoms with Gasteiger partial charge >= 0.3 is 0 Å². The van der Waals surface area contributed by atoms with E-state index >= 15 is 0 Å². The van der Waals surface area contributed by atoms with Crippen molar-refractivity contribution in [3.8, 4) is 0 Å². The summed E-state index contributed by atoms with van der Waals surface area (Å²) < 4.78 is 5.87. The van der Waals surface area contributed by atoms with Gasteiger partial charge in [-0.1, -0.05) is 6.07 Å². The maximum Gasteiger partial charge on any atom is 0.174 e. The number of benzene rings is 1. The van der Waals surface area contributed by atoms with E-state index in [0.717, 1.165) is 46.4 Å². The van der Waals surface area contributed by atoms with Gasteiger partial charge in [0.05, 0.1) is 11.0 Å². The average molecular weight is 315 g/mol. The van der Waals surface area contributed by atoms with Gasteiger partial charge in [0.15, 0.2) is 10.2 Å². The third-order valence-electron chi connectivity index (χ3n) is 3.48. The predicted octanol–water partition coefficient (Wildman–Crippen LogP) is 4.11. The van der Waals surface area contributed by atoms with Gasteiger partial charge in [-0.15, -0.1) is 0 Å². The van der Waals surface area contributed by atoms with E-state index in [9.17, 15) is 0 Å². The molecule has 1 N–H and O–H groups in total. The molecule has 0 spiro atoms. The molecular formula is C17H21N3OS. The molecule has 116 valence electrons. The van der Waals surface area contributed by atoms with Crippen molar-refractivity contribution in [2.24, 2.45) is 0 Å². The van der Waals surface area contributed by atoms with Gasteiger partial charge in [0, 0.05) is 6.42 Å². The van der Waals surface area contributed by atoms with Crippen molar-refractivity contribution in [1.29, 1.82) is 0 Å². The van der Waals surface area contributed by atoms with Crippen LogP contribution in [-0.4, -0.2) is 35.5 Å². The Bertz CT molecular complexity index is 760. The summed E-state index contributed by atoms with van der Waals surface area (Å²) in [4.78, 5) is 10.1. The Morgan fingerprint density at radius 1 is 1.23 bits per heavy atom. The molecule has 0 atom stereocenters. The van der Waals surface area contributed by atoms with Gasteiger partial charge in [0.2, 0.25) is 0 Å². The molecule has 0 amide bonds. The topological polar surface area (TPSA) is 45.1 Å². The molecule has 0 radical (unpaired) electrons. The maximum atomic E-state index is 5.87. The van der Waals surface area contributed by atoms with Crippen LogP contribution in [-0.2, 0) is 6.42 Å². The summed E-state index contributed by atoms with van der Waals surface area (Å²) in [5.41, 5.74) is 3.29. The lowest BCUT2D eigenvalue weighted by atomic mass is 10.2. The molecule has 0 aliphatic rings. The number of aromatic amines is 1. The lowest BCUT2D eigenvalue weighted by molar-refractivity contribution is 0.378. The molecule has 5 heteroatoms. The Balaban J connectivity index is 1.65. The van der Waals surface area contributed by atoms with Crippen LogP contribution >= 0.6 is 11.8 Å². The quantitative estimate of drug-likeness (QED) is 0.743. The van der Waals surface area contributed by atoms with Crippen molar-refractivity contribution in [3.63, 3.8) is 0 Å². The molecule has 2 aromatic heterocycles. The molecule has 0 aliphatic heterocycles. The Hall–Kier alpha value is -1.72. The van der Waals surface area contributed by atoms with Gasteiger partial charge in [0.25, 0.3) is 0 Å². The number of hydrogen-bond donors (Lipinski definition) is 1. The first kappa shape index (κ1) is 15.2. The largest absolute Gasteiger partial charge is 0.454 e. The summed E-state index contributed by atoms with van der Waals surface area (Å²) in [6.07, 6.45) is 2.08. The van der Waals surface area contributed by atoms with Gasteiger partial charge in [-0.3, -0.25) is 0 Å². The Kier molecular flexibility index (Phi) is 4.55. The van der Waals surface area contributed by atoms with E-state index in [4.69, 9.17) is 4.42 Å². The monoisotopic (exact) mass is 315 g/mol. The van der Waals surface area contributed by atoms with Crippen LogP contribution in [0.15, 0.2) is 45.0 Å².